The molecule has 0 aliphatic carbocycles. The maximum atomic E-state index is 13.3. The van der Waals surface area contributed by atoms with Crippen LogP contribution < -0.4 is 10.6 Å². The quantitative estimate of drug-likeness (QED) is 0.916. The zero-order valence-corrected chi connectivity index (χ0v) is 12.5. The van der Waals surface area contributed by atoms with Crippen LogP contribution in [0.25, 0.3) is 0 Å². The predicted octanol–water partition coefficient (Wildman–Crippen LogP) is 2.51. The molecule has 3 rings (SSSR count). The molecular weight excluding hydrogens is 283 g/mol. The van der Waals surface area contributed by atoms with E-state index in [4.69, 9.17) is 0 Å². The normalized spacial score (nSPS) is 18.2. The van der Waals surface area contributed by atoms with E-state index in [0.29, 0.717) is 11.4 Å². The average molecular weight is 302 g/mol. The van der Waals surface area contributed by atoms with Crippen molar-refractivity contribution in [1.29, 1.82) is 0 Å². The van der Waals surface area contributed by atoms with Crippen molar-refractivity contribution < 1.29 is 9.18 Å². The van der Waals surface area contributed by atoms with Gasteiger partial charge in [0.1, 0.15) is 5.82 Å². The number of nitrogens with one attached hydrogen (secondary N) is 2. The highest BCUT2D eigenvalue weighted by atomic mass is 19.1. The maximum absolute atomic E-state index is 13.3. The van der Waals surface area contributed by atoms with Crippen LogP contribution >= 0.6 is 0 Å². The first-order chi connectivity index (χ1) is 10.6. The molecule has 0 spiro atoms. The summed E-state index contributed by atoms with van der Waals surface area (Å²) >= 11 is 0. The standard InChI is InChI=1S/C16H19FN4O/c1-11-7-12(17)9-13(8-11)19-16(22)15-4-6-21(20-15)14-3-2-5-18-10-14/h4,6-9,14,18H,2-3,5,10H2,1H3,(H,19,22). The number of nitrogens with zero attached hydrogens (tertiary/aromatic N) is 2. The number of benzene rings is 1. The lowest BCUT2D eigenvalue weighted by Crippen LogP contribution is -2.32. The second-order valence-corrected chi connectivity index (χ2v) is 5.65. The Labute approximate surface area is 128 Å². The Morgan fingerprint density at radius 2 is 2.32 bits per heavy atom. The number of carbonyl (C=O) groups is 1. The molecule has 1 unspecified atom stereocenters. The molecule has 1 atom stereocenters. The van der Waals surface area contributed by atoms with Crippen LogP contribution in [0, 0.1) is 12.7 Å². The number of aromatic nitrogens is 2. The Kier molecular flexibility index (Phi) is 4.20. The van der Waals surface area contributed by atoms with E-state index in [1.807, 2.05) is 10.9 Å². The summed E-state index contributed by atoms with van der Waals surface area (Å²) in [7, 11) is 0. The molecular formula is C16H19FN4O. The molecule has 0 radical (unpaired) electrons. The molecule has 1 aliphatic rings. The second kappa shape index (κ2) is 6.27. The number of piperidine rings is 1. The number of carbonyl (C=O) groups excluding carboxylic acids is 1. The minimum atomic E-state index is -0.367. The zero-order valence-electron chi connectivity index (χ0n) is 12.5. The third-order valence-corrected chi connectivity index (χ3v) is 3.79. The first-order valence-electron chi connectivity index (χ1n) is 7.46. The van der Waals surface area contributed by atoms with Crippen LogP contribution in [0.3, 0.4) is 0 Å². The highest BCUT2D eigenvalue weighted by Gasteiger charge is 2.17. The molecule has 22 heavy (non-hydrogen) atoms. The number of aryl methyl sites for hydroxylation is 1. The molecule has 0 bridgehead atoms. The van der Waals surface area contributed by atoms with Crippen LogP contribution in [0.15, 0.2) is 30.5 Å². The van der Waals surface area contributed by atoms with Crippen molar-refractivity contribution in [2.24, 2.45) is 0 Å². The third kappa shape index (κ3) is 3.33. The van der Waals surface area contributed by atoms with Crippen molar-refractivity contribution in [1.82, 2.24) is 15.1 Å². The summed E-state index contributed by atoms with van der Waals surface area (Å²) in [6.07, 6.45) is 3.98. The van der Waals surface area contributed by atoms with Gasteiger partial charge in [0.15, 0.2) is 5.69 Å². The molecule has 2 N–H and O–H groups in total. The van der Waals surface area contributed by atoms with Gasteiger partial charge in [-0.1, -0.05) is 0 Å². The van der Waals surface area contributed by atoms with E-state index in [1.54, 1.807) is 19.1 Å². The molecule has 1 aromatic heterocycles. The summed E-state index contributed by atoms with van der Waals surface area (Å²) in [5.74, 6) is -0.693. The van der Waals surface area contributed by atoms with Crippen molar-refractivity contribution in [2.75, 3.05) is 18.4 Å². The van der Waals surface area contributed by atoms with Gasteiger partial charge >= 0.3 is 0 Å². The Morgan fingerprint density at radius 3 is 3.05 bits per heavy atom. The minimum absolute atomic E-state index is 0.284. The van der Waals surface area contributed by atoms with Gasteiger partial charge in [-0.05, 0) is 56.1 Å². The Bertz CT molecular complexity index is 656. The van der Waals surface area contributed by atoms with Gasteiger partial charge < -0.3 is 10.6 Å². The number of hydrogen-bond donors (Lipinski definition) is 2. The molecule has 1 aromatic carbocycles. The van der Waals surface area contributed by atoms with Crippen LogP contribution in [0.2, 0.25) is 0 Å². The summed E-state index contributed by atoms with van der Waals surface area (Å²) in [6, 6.07) is 6.42. The number of halogens is 1. The van der Waals surface area contributed by atoms with E-state index >= 15 is 0 Å². The molecule has 116 valence electrons. The van der Waals surface area contributed by atoms with Gasteiger partial charge in [0.25, 0.3) is 5.91 Å². The van der Waals surface area contributed by atoms with E-state index < -0.39 is 0 Å². The van der Waals surface area contributed by atoms with Gasteiger partial charge in [-0.25, -0.2) is 4.39 Å². The van der Waals surface area contributed by atoms with Crippen LogP contribution in [0.1, 0.15) is 34.9 Å². The monoisotopic (exact) mass is 302 g/mol. The number of anilines is 1. The molecule has 2 aromatic rings. The summed E-state index contributed by atoms with van der Waals surface area (Å²) in [5, 5.41) is 10.4. The van der Waals surface area contributed by atoms with Crippen LogP contribution in [-0.4, -0.2) is 28.8 Å². The molecule has 5 nitrogen and oxygen atoms in total. The van der Waals surface area contributed by atoms with Crippen LogP contribution in [-0.2, 0) is 0 Å². The molecule has 0 saturated carbocycles. The maximum Gasteiger partial charge on any atom is 0.276 e. The van der Waals surface area contributed by atoms with E-state index in [0.717, 1.165) is 31.5 Å². The molecule has 1 amide bonds. The summed E-state index contributed by atoms with van der Waals surface area (Å²) in [6.45, 7) is 3.68. The summed E-state index contributed by atoms with van der Waals surface area (Å²) in [5.41, 5.74) is 1.54. The predicted molar refractivity (Wildman–Crippen MR) is 82.5 cm³/mol. The number of amides is 1. The smallest absolute Gasteiger partial charge is 0.276 e. The largest absolute Gasteiger partial charge is 0.320 e. The van der Waals surface area contributed by atoms with Crippen molar-refractivity contribution in [3.8, 4) is 0 Å². The fourth-order valence-electron chi connectivity index (χ4n) is 2.73. The summed E-state index contributed by atoms with van der Waals surface area (Å²) < 4.78 is 15.2. The lowest BCUT2D eigenvalue weighted by molar-refractivity contribution is 0.102. The Balaban J connectivity index is 1.71. The van der Waals surface area contributed by atoms with Gasteiger partial charge in [0, 0.05) is 18.4 Å². The minimum Gasteiger partial charge on any atom is -0.320 e. The van der Waals surface area contributed by atoms with Crippen LogP contribution in [0.5, 0.6) is 0 Å². The van der Waals surface area contributed by atoms with Gasteiger partial charge in [-0.2, -0.15) is 5.10 Å². The van der Waals surface area contributed by atoms with Crippen molar-refractivity contribution in [3.63, 3.8) is 0 Å². The SMILES string of the molecule is Cc1cc(F)cc(NC(=O)c2ccn(C3CCCNC3)n2)c1. The van der Waals surface area contributed by atoms with Crippen molar-refractivity contribution in [2.45, 2.75) is 25.8 Å². The fourth-order valence-corrected chi connectivity index (χ4v) is 2.73. The van der Waals surface area contributed by atoms with Crippen molar-refractivity contribution >= 4 is 11.6 Å². The molecule has 1 saturated heterocycles. The Morgan fingerprint density at radius 1 is 1.45 bits per heavy atom. The molecule has 2 heterocycles. The van der Waals surface area contributed by atoms with E-state index in [-0.39, 0.29) is 17.8 Å². The third-order valence-electron chi connectivity index (χ3n) is 3.79. The molecule has 1 fully saturated rings. The first kappa shape index (κ1) is 14.7. The van der Waals surface area contributed by atoms with Gasteiger partial charge in [-0.15, -0.1) is 0 Å². The summed E-state index contributed by atoms with van der Waals surface area (Å²) in [4.78, 5) is 12.2. The molecule has 1 aliphatic heterocycles. The lowest BCUT2D eigenvalue weighted by Gasteiger charge is -2.22. The fraction of sp³-hybridized carbons (Fsp3) is 0.375. The highest BCUT2D eigenvalue weighted by Crippen LogP contribution is 2.17. The Hall–Kier alpha value is -2.21. The average Bonchev–Trinajstić information content (AvgIpc) is 2.97. The number of hydrogen-bond acceptors (Lipinski definition) is 3. The van der Waals surface area contributed by atoms with Gasteiger partial charge in [0.2, 0.25) is 0 Å². The number of rotatable bonds is 3. The first-order valence-corrected chi connectivity index (χ1v) is 7.46. The van der Waals surface area contributed by atoms with E-state index in [2.05, 4.69) is 15.7 Å². The lowest BCUT2D eigenvalue weighted by atomic mass is 10.1. The van der Waals surface area contributed by atoms with Gasteiger partial charge in [-0.3, -0.25) is 9.48 Å². The second-order valence-electron chi connectivity index (χ2n) is 5.65. The highest BCUT2D eigenvalue weighted by molar-refractivity contribution is 6.02. The van der Waals surface area contributed by atoms with Gasteiger partial charge in [0.05, 0.1) is 6.04 Å². The topological polar surface area (TPSA) is 59.0 Å². The van der Waals surface area contributed by atoms with E-state index in [9.17, 15) is 9.18 Å². The molecule has 6 heteroatoms. The van der Waals surface area contributed by atoms with Crippen molar-refractivity contribution in [3.05, 3.63) is 47.5 Å². The van der Waals surface area contributed by atoms with Crippen LogP contribution in [0.4, 0.5) is 10.1 Å². The zero-order chi connectivity index (χ0) is 15.5. The van der Waals surface area contributed by atoms with E-state index in [1.165, 1.54) is 12.1 Å².